The Bertz CT molecular complexity index is 1060. The van der Waals surface area contributed by atoms with Crippen molar-refractivity contribution in [2.45, 2.75) is 0 Å². The van der Waals surface area contributed by atoms with Crippen molar-refractivity contribution in [2.75, 3.05) is 5.32 Å². The maximum atomic E-state index is 12.6. The Morgan fingerprint density at radius 3 is 2.62 bits per heavy atom. The van der Waals surface area contributed by atoms with Crippen LogP contribution in [0.5, 0.6) is 0 Å². The van der Waals surface area contributed by atoms with Crippen LogP contribution in [0, 0.1) is 3.57 Å². The van der Waals surface area contributed by atoms with Crippen molar-refractivity contribution in [1.29, 1.82) is 0 Å². The smallest absolute Gasteiger partial charge is 0.260 e. The van der Waals surface area contributed by atoms with E-state index < -0.39 is 0 Å². The normalized spacial score (nSPS) is 10.7. The zero-order valence-electron chi connectivity index (χ0n) is 13.3. The molecule has 0 aliphatic rings. The number of aromatic nitrogens is 2. The van der Waals surface area contributed by atoms with Crippen molar-refractivity contribution in [3.05, 3.63) is 76.1 Å². The highest BCUT2D eigenvalue weighted by atomic mass is 127. The molecule has 0 atom stereocenters. The maximum absolute atomic E-state index is 12.6. The number of halogens is 1. The number of hydrogen-bond acceptors (Lipinski definition) is 5. The quantitative estimate of drug-likeness (QED) is 0.443. The highest BCUT2D eigenvalue weighted by Gasteiger charge is 2.17. The Labute approximate surface area is 162 Å². The predicted octanol–water partition coefficient (Wildman–Crippen LogP) is 4.85. The minimum Gasteiger partial charge on any atom is -0.461 e. The van der Waals surface area contributed by atoms with Gasteiger partial charge in [0.05, 0.1) is 23.1 Å². The number of furan rings is 1. The van der Waals surface area contributed by atoms with Crippen molar-refractivity contribution in [3.8, 4) is 23.0 Å². The first-order valence-electron chi connectivity index (χ1n) is 7.75. The van der Waals surface area contributed by atoms with E-state index >= 15 is 0 Å². The molecule has 1 N–H and O–H groups in total. The lowest BCUT2D eigenvalue weighted by Gasteiger charge is -2.09. The molecule has 2 aromatic carbocycles. The Morgan fingerprint density at radius 2 is 1.81 bits per heavy atom. The molecule has 0 spiro atoms. The van der Waals surface area contributed by atoms with E-state index in [1.54, 1.807) is 30.5 Å². The number of benzene rings is 2. The van der Waals surface area contributed by atoms with Crippen LogP contribution in [0.4, 0.5) is 5.69 Å². The van der Waals surface area contributed by atoms with Crippen LogP contribution in [0.2, 0.25) is 0 Å². The van der Waals surface area contributed by atoms with Crippen molar-refractivity contribution in [3.63, 3.8) is 0 Å². The molecule has 128 valence electrons. The summed E-state index contributed by atoms with van der Waals surface area (Å²) in [6, 6.07) is 18.2. The molecule has 4 aromatic rings. The van der Waals surface area contributed by atoms with Crippen LogP contribution in [-0.4, -0.2) is 16.0 Å². The number of hydrogen-bond donors (Lipinski definition) is 1. The molecule has 4 rings (SSSR count). The van der Waals surface area contributed by atoms with Gasteiger partial charge in [0.15, 0.2) is 5.76 Å². The van der Waals surface area contributed by atoms with Gasteiger partial charge in [-0.3, -0.25) is 4.79 Å². The average molecular weight is 457 g/mol. The number of carbonyl (C=O) groups excluding carboxylic acids is 1. The van der Waals surface area contributed by atoms with E-state index in [-0.39, 0.29) is 5.91 Å². The second-order valence-corrected chi connectivity index (χ2v) is 6.54. The van der Waals surface area contributed by atoms with Gasteiger partial charge in [-0.1, -0.05) is 29.4 Å². The highest BCUT2D eigenvalue weighted by Crippen LogP contribution is 2.29. The minimum atomic E-state index is -0.201. The Hall–Kier alpha value is -2.94. The second-order valence-electron chi connectivity index (χ2n) is 5.38. The number of amides is 1. The Balaban J connectivity index is 1.65. The summed E-state index contributed by atoms with van der Waals surface area (Å²) >= 11 is 2.14. The molecule has 0 unspecified atom stereocenters. The number of para-hydroxylation sites is 1. The number of carbonyl (C=O) groups is 1. The lowest BCUT2D eigenvalue weighted by atomic mass is 10.1. The van der Waals surface area contributed by atoms with Crippen molar-refractivity contribution in [1.82, 2.24) is 10.1 Å². The third-order valence-corrected chi connectivity index (χ3v) is 4.63. The molecule has 0 fully saturated rings. The molecule has 26 heavy (non-hydrogen) atoms. The summed E-state index contributed by atoms with van der Waals surface area (Å²) in [5.74, 6) is 0.965. The molecule has 0 saturated heterocycles. The van der Waals surface area contributed by atoms with Crippen LogP contribution < -0.4 is 5.32 Å². The Morgan fingerprint density at radius 1 is 1.00 bits per heavy atom. The van der Waals surface area contributed by atoms with Gasteiger partial charge in [0.1, 0.15) is 0 Å². The largest absolute Gasteiger partial charge is 0.461 e. The molecule has 0 aliphatic heterocycles. The lowest BCUT2D eigenvalue weighted by Crippen LogP contribution is -2.14. The Kier molecular flexibility index (Phi) is 4.53. The van der Waals surface area contributed by atoms with E-state index in [2.05, 4.69) is 38.0 Å². The summed E-state index contributed by atoms with van der Waals surface area (Å²) in [4.78, 5) is 17.0. The fourth-order valence-electron chi connectivity index (χ4n) is 2.45. The third kappa shape index (κ3) is 3.25. The molecule has 6 nitrogen and oxygen atoms in total. The predicted molar refractivity (Wildman–Crippen MR) is 105 cm³/mol. The van der Waals surface area contributed by atoms with Gasteiger partial charge in [0.25, 0.3) is 11.8 Å². The molecule has 2 aromatic heterocycles. The van der Waals surface area contributed by atoms with E-state index in [0.29, 0.717) is 34.3 Å². The van der Waals surface area contributed by atoms with Gasteiger partial charge in [0.2, 0.25) is 5.82 Å². The molecule has 2 heterocycles. The number of nitrogens with one attached hydrogen (secondary N) is 1. The van der Waals surface area contributed by atoms with E-state index in [0.717, 1.165) is 3.57 Å². The van der Waals surface area contributed by atoms with Crippen molar-refractivity contribution in [2.24, 2.45) is 0 Å². The van der Waals surface area contributed by atoms with Crippen LogP contribution >= 0.6 is 22.6 Å². The van der Waals surface area contributed by atoms with E-state index in [4.69, 9.17) is 8.94 Å². The molecular weight excluding hydrogens is 445 g/mol. The molecule has 1 amide bonds. The zero-order chi connectivity index (χ0) is 17.9. The first-order chi connectivity index (χ1) is 12.7. The SMILES string of the molecule is O=C(Nc1ccccc1-c1nc(-c2ccco2)no1)c1ccccc1I. The van der Waals surface area contributed by atoms with E-state index in [1.165, 1.54) is 0 Å². The topological polar surface area (TPSA) is 81.2 Å². The van der Waals surface area contributed by atoms with Gasteiger partial charge in [-0.25, -0.2) is 0 Å². The monoisotopic (exact) mass is 457 g/mol. The molecule has 0 bridgehead atoms. The fourth-order valence-corrected chi connectivity index (χ4v) is 3.08. The summed E-state index contributed by atoms with van der Waals surface area (Å²) in [6.45, 7) is 0. The second kappa shape index (κ2) is 7.12. The molecule has 0 radical (unpaired) electrons. The minimum absolute atomic E-state index is 0.201. The maximum Gasteiger partial charge on any atom is 0.260 e. The molecular formula is C19H12IN3O3. The highest BCUT2D eigenvalue weighted by molar-refractivity contribution is 14.1. The molecule has 7 heteroatoms. The van der Waals surface area contributed by atoms with E-state index in [9.17, 15) is 4.79 Å². The number of nitrogens with zero attached hydrogens (tertiary/aromatic N) is 2. The van der Waals surface area contributed by atoms with Crippen molar-refractivity contribution >= 4 is 34.2 Å². The van der Waals surface area contributed by atoms with E-state index in [1.807, 2.05) is 36.4 Å². The molecule has 0 aliphatic carbocycles. The third-order valence-electron chi connectivity index (χ3n) is 3.69. The summed E-state index contributed by atoms with van der Waals surface area (Å²) in [6.07, 6.45) is 1.54. The lowest BCUT2D eigenvalue weighted by molar-refractivity contribution is 0.102. The zero-order valence-corrected chi connectivity index (χ0v) is 15.5. The average Bonchev–Trinajstić information content (AvgIpc) is 3.34. The summed E-state index contributed by atoms with van der Waals surface area (Å²) in [5.41, 5.74) is 1.83. The fraction of sp³-hybridized carbons (Fsp3) is 0. The van der Waals surface area contributed by atoms with Crippen LogP contribution in [0.1, 0.15) is 10.4 Å². The standard InChI is InChI=1S/C19H12IN3O3/c20-14-8-3-1-6-12(14)18(24)21-15-9-4-2-7-13(15)19-22-17(23-26-19)16-10-5-11-25-16/h1-11H,(H,21,24). The van der Waals surface area contributed by atoms with Crippen LogP contribution in [0.3, 0.4) is 0 Å². The van der Waals surface area contributed by atoms with Crippen LogP contribution in [-0.2, 0) is 0 Å². The van der Waals surface area contributed by atoms with Gasteiger partial charge in [-0.05, 0) is 59.0 Å². The van der Waals surface area contributed by atoms with Gasteiger partial charge in [-0.15, -0.1) is 0 Å². The summed E-state index contributed by atoms with van der Waals surface area (Å²) < 4.78 is 11.5. The van der Waals surface area contributed by atoms with Gasteiger partial charge in [0, 0.05) is 3.57 Å². The molecule has 0 saturated carbocycles. The van der Waals surface area contributed by atoms with Gasteiger partial charge < -0.3 is 14.3 Å². The van der Waals surface area contributed by atoms with Crippen LogP contribution in [0.15, 0.2) is 75.9 Å². The summed E-state index contributed by atoms with van der Waals surface area (Å²) in [7, 11) is 0. The van der Waals surface area contributed by atoms with Gasteiger partial charge in [-0.2, -0.15) is 4.98 Å². The number of rotatable bonds is 4. The number of anilines is 1. The first-order valence-corrected chi connectivity index (χ1v) is 8.83. The van der Waals surface area contributed by atoms with Crippen molar-refractivity contribution < 1.29 is 13.7 Å². The summed E-state index contributed by atoms with van der Waals surface area (Å²) in [5, 5.41) is 6.85. The first kappa shape index (κ1) is 16.5. The van der Waals surface area contributed by atoms with Crippen LogP contribution in [0.25, 0.3) is 23.0 Å². The van der Waals surface area contributed by atoms with Gasteiger partial charge >= 0.3 is 0 Å².